The van der Waals surface area contributed by atoms with E-state index in [1.807, 2.05) is 0 Å². The molecule has 1 heterocycles. The minimum absolute atomic E-state index is 0.730. The number of piperidine rings is 1. The van der Waals surface area contributed by atoms with E-state index in [9.17, 15) is 0 Å². The van der Waals surface area contributed by atoms with Gasteiger partial charge in [-0.05, 0) is 70.6 Å². The van der Waals surface area contributed by atoms with E-state index < -0.39 is 0 Å². The largest absolute Gasteiger partial charge is 0.314 e. The molecule has 1 unspecified atom stereocenters. The summed E-state index contributed by atoms with van der Waals surface area (Å²) in [6.07, 6.45) is 9.99. The minimum atomic E-state index is 0.730. The Hall–Kier alpha value is -0.0800. The van der Waals surface area contributed by atoms with Crippen molar-refractivity contribution in [2.45, 2.75) is 64.8 Å². The lowest BCUT2D eigenvalue weighted by Gasteiger charge is -2.35. The van der Waals surface area contributed by atoms with Crippen molar-refractivity contribution >= 4 is 0 Å². The molecule has 2 rings (SSSR count). The summed E-state index contributed by atoms with van der Waals surface area (Å²) in [6.45, 7) is 9.90. The van der Waals surface area contributed by atoms with E-state index in [0.717, 1.165) is 17.9 Å². The summed E-state index contributed by atoms with van der Waals surface area (Å²) in [7, 11) is 0. The molecule has 2 fully saturated rings. The minimum Gasteiger partial charge on any atom is -0.314 e. The molecule has 0 amide bonds. The van der Waals surface area contributed by atoms with Crippen LogP contribution >= 0.6 is 0 Å². The lowest BCUT2D eigenvalue weighted by molar-refractivity contribution is 0.161. The van der Waals surface area contributed by atoms with E-state index in [1.54, 1.807) is 0 Å². The van der Waals surface area contributed by atoms with Gasteiger partial charge in [0.05, 0.1) is 0 Å². The smallest absolute Gasteiger partial charge is 0.00679 e. The molecule has 0 bridgehead atoms. The monoisotopic (exact) mass is 252 g/mol. The Morgan fingerprint density at radius 3 is 2.44 bits per heavy atom. The van der Waals surface area contributed by atoms with Gasteiger partial charge in [0.1, 0.15) is 0 Å². The molecule has 1 aliphatic heterocycles. The van der Waals surface area contributed by atoms with Crippen molar-refractivity contribution in [3.05, 3.63) is 0 Å². The lowest BCUT2D eigenvalue weighted by atomic mass is 9.83. The van der Waals surface area contributed by atoms with Crippen molar-refractivity contribution in [2.24, 2.45) is 11.8 Å². The zero-order valence-electron chi connectivity index (χ0n) is 12.5. The van der Waals surface area contributed by atoms with Gasteiger partial charge in [0.2, 0.25) is 0 Å². The molecule has 1 saturated heterocycles. The van der Waals surface area contributed by atoms with Crippen LogP contribution in [0, 0.1) is 11.8 Å². The zero-order chi connectivity index (χ0) is 12.8. The maximum atomic E-state index is 3.78. The molecule has 1 atom stereocenters. The first-order valence-corrected chi connectivity index (χ1v) is 8.25. The maximum absolute atomic E-state index is 3.78. The van der Waals surface area contributed by atoms with Gasteiger partial charge in [-0.1, -0.05) is 26.2 Å². The topological polar surface area (TPSA) is 15.3 Å². The first-order valence-electron chi connectivity index (χ1n) is 8.25. The average molecular weight is 252 g/mol. The third kappa shape index (κ3) is 4.24. The summed E-state index contributed by atoms with van der Waals surface area (Å²) in [6, 6.07) is 0.730. The zero-order valence-corrected chi connectivity index (χ0v) is 12.5. The molecular formula is C16H32N2. The van der Waals surface area contributed by atoms with Crippen LogP contribution < -0.4 is 5.32 Å². The predicted molar refractivity (Wildman–Crippen MR) is 78.9 cm³/mol. The quantitative estimate of drug-likeness (QED) is 0.748. The molecule has 0 spiro atoms. The Morgan fingerprint density at radius 2 is 1.89 bits per heavy atom. The second-order valence-corrected chi connectivity index (χ2v) is 6.51. The van der Waals surface area contributed by atoms with Crippen molar-refractivity contribution in [3.63, 3.8) is 0 Å². The summed E-state index contributed by atoms with van der Waals surface area (Å²) < 4.78 is 0. The molecule has 1 N–H and O–H groups in total. The standard InChI is InChI=1S/C16H32N2/c1-3-11-18-12-8-16(9-13-18)14(2)17-10-7-15-5-4-6-15/h14-17H,3-13H2,1-2H3. The normalized spacial score (nSPS) is 25.0. The molecule has 18 heavy (non-hydrogen) atoms. The van der Waals surface area contributed by atoms with Gasteiger partial charge in [-0.25, -0.2) is 0 Å². The van der Waals surface area contributed by atoms with Gasteiger partial charge in [-0.3, -0.25) is 0 Å². The first kappa shape index (κ1) is 14.3. The van der Waals surface area contributed by atoms with Crippen LogP contribution in [-0.4, -0.2) is 37.1 Å². The van der Waals surface area contributed by atoms with Crippen molar-refractivity contribution in [2.75, 3.05) is 26.2 Å². The van der Waals surface area contributed by atoms with E-state index >= 15 is 0 Å². The van der Waals surface area contributed by atoms with E-state index in [0.29, 0.717) is 0 Å². The number of likely N-dealkylation sites (tertiary alicyclic amines) is 1. The van der Waals surface area contributed by atoms with Gasteiger partial charge in [-0.2, -0.15) is 0 Å². The summed E-state index contributed by atoms with van der Waals surface area (Å²) in [4.78, 5) is 2.64. The van der Waals surface area contributed by atoms with E-state index in [2.05, 4.69) is 24.1 Å². The summed E-state index contributed by atoms with van der Waals surface area (Å²) in [5.41, 5.74) is 0. The number of nitrogens with zero attached hydrogens (tertiary/aromatic N) is 1. The average Bonchev–Trinajstić information content (AvgIpc) is 2.33. The Bertz CT molecular complexity index is 217. The van der Waals surface area contributed by atoms with E-state index in [4.69, 9.17) is 0 Å². The highest BCUT2D eigenvalue weighted by Gasteiger charge is 2.23. The van der Waals surface area contributed by atoms with Crippen LogP contribution in [0.3, 0.4) is 0 Å². The molecule has 2 nitrogen and oxygen atoms in total. The van der Waals surface area contributed by atoms with Crippen LogP contribution in [0.2, 0.25) is 0 Å². The van der Waals surface area contributed by atoms with Crippen LogP contribution in [0.15, 0.2) is 0 Å². The van der Waals surface area contributed by atoms with E-state index in [1.165, 1.54) is 71.1 Å². The Morgan fingerprint density at radius 1 is 1.17 bits per heavy atom. The fraction of sp³-hybridized carbons (Fsp3) is 1.00. The first-order chi connectivity index (χ1) is 8.79. The van der Waals surface area contributed by atoms with Gasteiger partial charge in [0.25, 0.3) is 0 Å². The van der Waals surface area contributed by atoms with Crippen molar-refractivity contribution in [1.29, 1.82) is 0 Å². The second-order valence-electron chi connectivity index (χ2n) is 6.51. The fourth-order valence-corrected chi connectivity index (χ4v) is 3.46. The predicted octanol–water partition coefficient (Wildman–Crippen LogP) is 3.28. The van der Waals surface area contributed by atoms with Crippen molar-refractivity contribution in [3.8, 4) is 0 Å². The highest BCUT2D eigenvalue weighted by Crippen LogP contribution is 2.29. The van der Waals surface area contributed by atoms with Crippen LogP contribution in [0.25, 0.3) is 0 Å². The van der Waals surface area contributed by atoms with Crippen molar-refractivity contribution in [1.82, 2.24) is 10.2 Å². The molecule has 2 aliphatic rings. The van der Waals surface area contributed by atoms with Gasteiger partial charge in [-0.15, -0.1) is 0 Å². The van der Waals surface area contributed by atoms with Crippen LogP contribution in [0.1, 0.15) is 58.8 Å². The Labute approximate surface area is 114 Å². The number of nitrogens with one attached hydrogen (secondary N) is 1. The van der Waals surface area contributed by atoms with E-state index in [-0.39, 0.29) is 0 Å². The molecule has 1 saturated carbocycles. The molecule has 2 heteroatoms. The van der Waals surface area contributed by atoms with Crippen molar-refractivity contribution < 1.29 is 0 Å². The second kappa shape index (κ2) is 7.49. The molecule has 0 aromatic heterocycles. The summed E-state index contributed by atoms with van der Waals surface area (Å²) >= 11 is 0. The molecule has 106 valence electrons. The summed E-state index contributed by atoms with van der Waals surface area (Å²) in [5.74, 6) is 1.97. The fourth-order valence-electron chi connectivity index (χ4n) is 3.46. The lowest BCUT2D eigenvalue weighted by Crippen LogP contribution is -2.42. The molecular weight excluding hydrogens is 220 g/mol. The Kier molecular flexibility index (Phi) is 5.97. The number of hydrogen-bond donors (Lipinski definition) is 1. The SMILES string of the molecule is CCCN1CCC(C(C)NCCC2CCC2)CC1. The maximum Gasteiger partial charge on any atom is 0.00679 e. The van der Waals surface area contributed by atoms with Gasteiger partial charge in [0.15, 0.2) is 0 Å². The van der Waals surface area contributed by atoms with Gasteiger partial charge >= 0.3 is 0 Å². The van der Waals surface area contributed by atoms with Gasteiger partial charge in [0, 0.05) is 6.04 Å². The highest BCUT2D eigenvalue weighted by atomic mass is 15.1. The molecule has 0 aromatic rings. The molecule has 0 aromatic carbocycles. The third-order valence-corrected chi connectivity index (χ3v) is 5.12. The van der Waals surface area contributed by atoms with Crippen LogP contribution in [0.5, 0.6) is 0 Å². The molecule has 0 radical (unpaired) electrons. The molecule has 1 aliphatic carbocycles. The number of rotatable bonds is 7. The highest BCUT2D eigenvalue weighted by molar-refractivity contribution is 4.80. The number of hydrogen-bond acceptors (Lipinski definition) is 2. The van der Waals surface area contributed by atoms with Crippen LogP contribution in [0.4, 0.5) is 0 Å². The van der Waals surface area contributed by atoms with Gasteiger partial charge < -0.3 is 10.2 Å². The third-order valence-electron chi connectivity index (χ3n) is 5.12. The Balaban J connectivity index is 1.56. The summed E-state index contributed by atoms with van der Waals surface area (Å²) in [5, 5.41) is 3.78. The van der Waals surface area contributed by atoms with Crippen LogP contribution in [-0.2, 0) is 0 Å².